The number of hydrogen-bond acceptors (Lipinski definition) is 2. The number of hydrogen-bond donors (Lipinski definition) is 1. The molecule has 2 nitrogen and oxygen atoms in total. The van der Waals surface area contributed by atoms with Crippen molar-refractivity contribution in [2.45, 2.75) is 19.3 Å². The van der Waals surface area contributed by atoms with Crippen LogP contribution < -0.4 is 5.73 Å². The van der Waals surface area contributed by atoms with Crippen LogP contribution in [0.25, 0.3) is 0 Å². The Hall–Kier alpha value is -1.06. The number of fused-ring (bicyclic) bond motifs is 1. The third-order valence-electron chi connectivity index (χ3n) is 3.42. The minimum atomic E-state index is -0.280. The van der Waals surface area contributed by atoms with Gasteiger partial charge in [0, 0.05) is 0 Å². The van der Waals surface area contributed by atoms with E-state index in [0.717, 1.165) is 11.1 Å². The molecule has 1 unspecified atom stereocenters. The first-order valence-electron chi connectivity index (χ1n) is 6.06. The summed E-state index contributed by atoms with van der Waals surface area (Å²) in [4.78, 5) is 0. The maximum absolute atomic E-state index is 6.30. The van der Waals surface area contributed by atoms with E-state index in [2.05, 4.69) is 12.1 Å². The Bertz CT molecular complexity index is 628. The highest BCUT2D eigenvalue weighted by Gasteiger charge is 2.17. The topological polar surface area (TPSA) is 35.2 Å². The summed E-state index contributed by atoms with van der Waals surface area (Å²) < 4.78 is 5.41. The first-order valence-corrected chi connectivity index (χ1v) is 6.81. The monoisotopic (exact) mass is 293 g/mol. The zero-order valence-corrected chi connectivity index (χ0v) is 11.7. The molecule has 19 heavy (non-hydrogen) atoms. The van der Waals surface area contributed by atoms with Gasteiger partial charge in [-0.15, -0.1) is 0 Å². The number of nitrogens with two attached hydrogens (primary N) is 1. The van der Waals surface area contributed by atoms with Crippen LogP contribution >= 0.6 is 23.2 Å². The molecular weight excluding hydrogens is 281 g/mol. The number of benzene rings is 2. The van der Waals surface area contributed by atoms with Crippen LogP contribution in [0.4, 0.5) is 0 Å². The standard InChI is InChI=1S/C15H13Cl2NO/c16-13-3-1-2-12(14(13)17)15(18)9-4-5-10-7-19-8-11(10)6-9/h1-6,15H,7-8,18H2. The fourth-order valence-electron chi connectivity index (χ4n) is 2.33. The van der Waals surface area contributed by atoms with Gasteiger partial charge in [0.15, 0.2) is 0 Å². The fourth-order valence-corrected chi connectivity index (χ4v) is 2.75. The Balaban J connectivity index is 2.00. The van der Waals surface area contributed by atoms with Crippen molar-refractivity contribution in [3.63, 3.8) is 0 Å². The van der Waals surface area contributed by atoms with Gasteiger partial charge in [0.1, 0.15) is 0 Å². The maximum atomic E-state index is 6.30. The molecule has 4 heteroatoms. The zero-order valence-electron chi connectivity index (χ0n) is 10.2. The fraction of sp³-hybridized carbons (Fsp3) is 0.200. The average Bonchev–Trinajstić information content (AvgIpc) is 2.88. The van der Waals surface area contributed by atoms with Crippen LogP contribution in [0, 0.1) is 0 Å². The van der Waals surface area contributed by atoms with Gasteiger partial charge in [0.25, 0.3) is 0 Å². The van der Waals surface area contributed by atoms with Gasteiger partial charge in [-0.1, -0.05) is 53.5 Å². The van der Waals surface area contributed by atoms with Gasteiger partial charge in [-0.25, -0.2) is 0 Å². The molecule has 2 aromatic carbocycles. The van der Waals surface area contributed by atoms with Crippen molar-refractivity contribution in [1.82, 2.24) is 0 Å². The van der Waals surface area contributed by atoms with Crippen LogP contribution in [0.3, 0.4) is 0 Å². The quantitative estimate of drug-likeness (QED) is 0.906. The van der Waals surface area contributed by atoms with Gasteiger partial charge < -0.3 is 10.5 Å². The van der Waals surface area contributed by atoms with Gasteiger partial charge in [-0.05, 0) is 28.3 Å². The van der Waals surface area contributed by atoms with E-state index in [-0.39, 0.29) is 6.04 Å². The van der Waals surface area contributed by atoms with Crippen molar-refractivity contribution in [3.05, 3.63) is 68.7 Å². The predicted octanol–water partition coefficient (Wildman–Crippen LogP) is 4.07. The number of ether oxygens (including phenoxy) is 1. The Morgan fingerprint density at radius 2 is 1.84 bits per heavy atom. The molecule has 1 aliphatic heterocycles. The summed E-state index contributed by atoms with van der Waals surface area (Å²) in [6.45, 7) is 1.34. The molecule has 1 heterocycles. The minimum absolute atomic E-state index is 0.280. The molecule has 0 fully saturated rings. The molecule has 0 saturated heterocycles. The molecule has 0 aromatic heterocycles. The molecule has 0 radical (unpaired) electrons. The summed E-state index contributed by atoms with van der Waals surface area (Å²) in [7, 11) is 0. The van der Waals surface area contributed by atoms with Crippen LogP contribution in [0.1, 0.15) is 28.3 Å². The lowest BCUT2D eigenvalue weighted by Crippen LogP contribution is -2.12. The van der Waals surface area contributed by atoms with Crippen LogP contribution in [0.2, 0.25) is 10.0 Å². The summed E-state index contributed by atoms with van der Waals surface area (Å²) in [5.74, 6) is 0. The summed E-state index contributed by atoms with van der Waals surface area (Å²) in [6, 6.07) is 11.4. The number of halogens is 2. The van der Waals surface area contributed by atoms with Crippen LogP contribution in [-0.2, 0) is 18.0 Å². The highest BCUT2D eigenvalue weighted by Crippen LogP contribution is 2.33. The minimum Gasteiger partial charge on any atom is -0.372 e. The van der Waals surface area contributed by atoms with Crippen LogP contribution in [0.15, 0.2) is 36.4 Å². The first-order chi connectivity index (χ1) is 9.16. The van der Waals surface area contributed by atoms with Crippen molar-refractivity contribution in [2.24, 2.45) is 5.73 Å². The van der Waals surface area contributed by atoms with Crippen molar-refractivity contribution in [3.8, 4) is 0 Å². The molecule has 0 amide bonds. The summed E-state index contributed by atoms with van der Waals surface area (Å²) in [5, 5.41) is 1.05. The Morgan fingerprint density at radius 3 is 2.68 bits per heavy atom. The molecule has 1 aliphatic rings. The van der Waals surface area contributed by atoms with Crippen molar-refractivity contribution < 1.29 is 4.74 Å². The highest BCUT2D eigenvalue weighted by atomic mass is 35.5. The van der Waals surface area contributed by atoms with E-state index in [1.54, 1.807) is 6.07 Å². The number of rotatable bonds is 2. The third-order valence-corrected chi connectivity index (χ3v) is 4.25. The Labute approximate surface area is 122 Å². The van der Waals surface area contributed by atoms with E-state index < -0.39 is 0 Å². The molecule has 2 aromatic rings. The summed E-state index contributed by atoms with van der Waals surface area (Å²) in [5.41, 5.74) is 10.6. The lowest BCUT2D eigenvalue weighted by atomic mass is 9.96. The molecule has 2 N–H and O–H groups in total. The molecule has 0 bridgehead atoms. The molecular formula is C15H13Cl2NO. The first kappa shape index (κ1) is 12.9. The molecule has 3 rings (SSSR count). The third kappa shape index (κ3) is 2.37. The summed E-state index contributed by atoms with van der Waals surface area (Å²) in [6.07, 6.45) is 0. The second kappa shape index (κ2) is 5.14. The Kier molecular flexibility index (Phi) is 3.50. The molecule has 98 valence electrons. The van der Waals surface area contributed by atoms with E-state index in [1.165, 1.54) is 11.1 Å². The van der Waals surface area contributed by atoms with Gasteiger partial charge in [0.2, 0.25) is 0 Å². The smallest absolute Gasteiger partial charge is 0.0725 e. The second-order valence-corrected chi connectivity index (χ2v) is 5.43. The van der Waals surface area contributed by atoms with Gasteiger partial charge in [-0.3, -0.25) is 0 Å². The van der Waals surface area contributed by atoms with E-state index >= 15 is 0 Å². The summed E-state index contributed by atoms with van der Waals surface area (Å²) >= 11 is 12.3. The van der Waals surface area contributed by atoms with Gasteiger partial charge in [0.05, 0.1) is 29.3 Å². The molecule has 0 saturated carbocycles. The van der Waals surface area contributed by atoms with Crippen LogP contribution in [-0.4, -0.2) is 0 Å². The SMILES string of the molecule is NC(c1ccc2c(c1)COC2)c1cccc(Cl)c1Cl. The largest absolute Gasteiger partial charge is 0.372 e. The van der Waals surface area contributed by atoms with Crippen molar-refractivity contribution in [2.75, 3.05) is 0 Å². The average molecular weight is 294 g/mol. The van der Waals surface area contributed by atoms with Gasteiger partial charge >= 0.3 is 0 Å². The van der Waals surface area contributed by atoms with Crippen molar-refractivity contribution in [1.29, 1.82) is 0 Å². The van der Waals surface area contributed by atoms with Crippen LogP contribution in [0.5, 0.6) is 0 Å². The predicted molar refractivity (Wildman–Crippen MR) is 77.4 cm³/mol. The van der Waals surface area contributed by atoms with Gasteiger partial charge in [-0.2, -0.15) is 0 Å². The lowest BCUT2D eigenvalue weighted by molar-refractivity contribution is 0.134. The zero-order chi connectivity index (χ0) is 13.4. The van der Waals surface area contributed by atoms with E-state index in [4.69, 9.17) is 33.7 Å². The normalized spacial score (nSPS) is 15.3. The maximum Gasteiger partial charge on any atom is 0.0725 e. The molecule has 0 spiro atoms. The Morgan fingerprint density at radius 1 is 1.05 bits per heavy atom. The highest BCUT2D eigenvalue weighted by molar-refractivity contribution is 6.42. The van der Waals surface area contributed by atoms with E-state index in [1.807, 2.05) is 18.2 Å². The van der Waals surface area contributed by atoms with Crippen molar-refractivity contribution >= 4 is 23.2 Å². The van der Waals surface area contributed by atoms with E-state index in [0.29, 0.717) is 23.3 Å². The lowest BCUT2D eigenvalue weighted by Gasteiger charge is -2.15. The molecule has 0 aliphatic carbocycles. The molecule has 1 atom stereocenters. The van der Waals surface area contributed by atoms with E-state index in [9.17, 15) is 0 Å². The second-order valence-electron chi connectivity index (χ2n) is 4.64.